The highest BCUT2D eigenvalue weighted by molar-refractivity contribution is 5.83. The Morgan fingerprint density at radius 3 is 1.97 bits per heavy atom. The largest absolute Gasteiger partial charge is 0.467 e. The van der Waals surface area contributed by atoms with Crippen molar-refractivity contribution in [3.63, 3.8) is 0 Å². The minimum Gasteiger partial charge on any atom is -0.467 e. The van der Waals surface area contributed by atoms with Gasteiger partial charge in [0, 0.05) is 5.92 Å². The summed E-state index contributed by atoms with van der Waals surface area (Å²) < 4.78 is 15.5. The second-order valence-corrected chi connectivity index (χ2v) is 8.91. The van der Waals surface area contributed by atoms with Gasteiger partial charge in [-0.2, -0.15) is 0 Å². The lowest BCUT2D eigenvalue weighted by Gasteiger charge is -2.26. The van der Waals surface area contributed by atoms with Crippen molar-refractivity contribution in [2.24, 2.45) is 0 Å². The number of hydrogen-bond donors (Lipinski definition) is 2. The molecule has 0 unspecified atom stereocenters. The predicted octanol–water partition coefficient (Wildman–Crippen LogP) is 3.98. The van der Waals surface area contributed by atoms with Crippen LogP contribution in [0.2, 0.25) is 0 Å². The number of alkyl carbamates (subject to hydrolysis) is 2. The van der Waals surface area contributed by atoms with E-state index in [1.54, 1.807) is 27.7 Å². The van der Waals surface area contributed by atoms with Gasteiger partial charge in [-0.15, -0.1) is 0 Å². The maximum absolute atomic E-state index is 12.5. The van der Waals surface area contributed by atoms with E-state index in [0.29, 0.717) is 0 Å². The van der Waals surface area contributed by atoms with Crippen molar-refractivity contribution in [3.8, 4) is 11.1 Å². The fourth-order valence-corrected chi connectivity index (χ4v) is 3.86. The molecule has 3 rings (SSSR count). The van der Waals surface area contributed by atoms with Crippen LogP contribution >= 0.6 is 0 Å². The van der Waals surface area contributed by atoms with Crippen molar-refractivity contribution in [1.29, 1.82) is 0 Å². The van der Waals surface area contributed by atoms with E-state index in [1.807, 2.05) is 36.4 Å². The Morgan fingerprint density at radius 2 is 1.45 bits per heavy atom. The van der Waals surface area contributed by atoms with Gasteiger partial charge in [0.2, 0.25) is 0 Å². The highest BCUT2D eigenvalue weighted by atomic mass is 16.6. The molecule has 8 nitrogen and oxygen atoms in total. The zero-order valence-electron chi connectivity index (χ0n) is 19.5. The van der Waals surface area contributed by atoms with Crippen molar-refractivity contribution in [2.75, 3.05) is 13.7 Å². The number of ether oxygens (including phenoxy) is 3. The number of rotatable bonds is 6. The second-order valence-electron chi connectivity index (χ2n) is 8.91. The Kier molecular flexibility index (Phi) is 7.26. The molecule has 0 aliphatic heterocycles. The first kappa shape index (κ1) is 24.1. The standard InChI is InChI=1S/C25H30N2O6/c1-15(21(22(28)31-5)27-24(30)33-25(2,3)4)26-23(29)32-14-20-18-12-8-6-10-16(18)17-11-7-9-13-19(17)20/h6-13,15,20-21H,14H2,1-5H3,(H,26,29)(H,27,30)/t15-,21+/m1/s1. The fraction of sp³-hybridized carbons (Fsp3) is 0.400. The average Bonchev–Trinajstić information content (AvgIpc) is 3.08. The summed E-state index contributed by atoms with van der Waals surface area (Å²) in [4.78, 5) is 36.9. The molecule has 0 spiro atoms. The maximum atomic E-state index is 12.5. The van der Waals surface area contributed by atoms with Crippen molar-refractivity contribution in [2.45, 2.75) is 51.3 Å². The Bertz CT molecular complexity index is 984. The topological polar surface area (TPSA) is 103 Å². The second kappa shape index (κ2) is 9.94. The van der Waals surface area contributed by atoms with Crippen LogP contribution in [0.4, 0.5) is 9.59 Å². The van der Waals surface area contributed by atoms with Gasteiger partial charge in [0.05, 0.1) is 13.2 Å². The monoisotopic (exact) mass is 454 g/mol. The third kappa shape index (κ3) is 5.83. The van der Waals surface area contributed by atoms with E-state index in [9.17, 15) is 14.4 Å². The molecule has 8 heteroatoms. The van der Waals surface area contributed by atoms with E-state index in [4.69, 9.17) is 14.2 Å². The minimum absolute atomic E-state index is 0.0882. The van der Waals surface area contributed by atoms with Crippen LogP contribution in [-0.4, -0.2) is 49.6 Å². The van der Waals surface area contributed by atoms with E-state index >= 15 is 0 Å². The molecule has 0 saturated heterocycles. The molecule has 2 amide bonds. The lowest BCUT2D eigenvalue weighted by Crippen LogP contribution is -2.55. The van der Waals surface area contributed by atoms with Gasteiger partial charge < -0.3 is 24.8 Å². The molecule has 1 aliphatic carbocycles. The van der Waals surface area contributed by atoms with Crippen LogP contribution in [0.3, 0.4) is 0 Å². The van der Waals surface area contributed by atoms with E-state index in [-0.39, 0.29) is 12.5 Å². The lowest BCUT2D eigenvalue weighted by atomic mass is 9.98. The number of amides is 2. The Balaban J connectivity index is 1.63. The summed E-state index contributed by atoms with van der Waals surface area (Å²) >= 11 is 0. The van der Waals surface area contributed by atoms with Gasteiger partial charge in [-0.1, -0.05) is 48.5 Å². The van der Waals surface area contributed by atoms with Crippen LogP contribution in [-0.2, 0) is 19.0 Å². The number of benzene rings is 2. The summed E-state index contributed by atoms with van der Waals surface area (Å²) in [6, 6.07) is 14.1. The Hall–Kier alpha value is -3.55. The quantitative estimate of drug-likeness (QED) is 0.506. The normalized spacial score (nSPS) is 14.3. The molecular formula is C25H30N2O6. The van der Waals surface area contributed by atoms with Crippen molar-refractivity contribution >= 4 is 18.2 Å². The van der Waals surface area contributed by atoms with E-state index < -0.39 is 35.8 Å². The van der Waals surface area contributed by atoms with Gasteiger partial charge >= 0.3 is 18.2 Å². The van der Waals surface area contributed by atoms with Crippen LogP contribution in [0.1, 0.15) is 44.7 Å². The summed E-state index contributed by atoms with van der Waals surface area (Å²) in [5.74, 6) is -0.804. The van der Waals surface area contributed by atoms with E-state index in [0.717, 1.165) is 22.3 Å². The molecule has 0 bridgehead atoms. The van der Waals surface area contributed by atoms with Crippen LogP contribution in [0.5, 0.6) is 0 Å². The molecule has 2 aromatic carbocycles. The molecule has 0 aromatic heterocycles. The van der Waals surface area contributed by atoms with Crippen molar-refractivity contribution in [3.05, 3.63) is 59.7 Å². The van der Waals surface area contributed by atoms with Gasteiger partial charge in [0.1, 0.15) is 18.2 Å². The summed E-state index contributed by atoms with van der Waals surface area (Å²) in [5.41, 5.74) is 3.71. The lowest BCUT2D eigenvalue weighted by molar-refractivity contribution is -0.143. The molecule has 2 N–H and O–H groups in total. The third-order valence-electron chi connectivity index (χ3n) is 5.32. The summed E-state index contributed by atoms with van der Waals surface area (Å²) in [6.45, 7) is 6.82. The van der Waals surface area contributed by atoms with Crippen LogP contribution in [0, 0.1) is 0 Å². The highest BCUT2D eigenvalue weighted by Crippen LogP contribution is 2.44. The molecule has 176 valence electrons. The number of hydrogen-bond acceptors (Lipinski definition) is 6. The average molecular weight is 455 g/mol. The molecule has 0 saturated carbocycles. The molecule has 2 atom stereocenters. The fourth-order valence-electron chi connectivity index (χ4n) is 3.86. The van der Waals surface area contributed by atoms with Gasteiger partial charge in [-0.25, -0.2) is 14.4 Å². The van der Waals surface area contributed by atoms with Crippen LogP contribution < -0.4 is 10.6 Å². The molecule has 0 radical (unpaired) electrons. The number of carbonyl (C=O) groups excluding carboxylic acids is 3. The van der Waals surface area contributed by atoms with Gasteiger partial charge in [-0.3, -0.25) is 0 Å². The smallest absolute Gasteiger partial charge is 0.408 e. The summed E-state index contributed by atoms with van der Waals surface area (Å²) in [5, 5.41) is 5.05. The first-order valence-electron chi connectivity index (χ1n) is 10.8. The summed E-state index contributed by atoms with van der Waals surface area (Å²) in [6.07, 6.45) is -1.50. The number of methoxy groups -OCH3 is 1. The zero-order valence-corrected chi connectivity index (χ0v) is 19.5. The minimum atomic E-state index is -1.15. The number of nitrogens with one attached hydrogen (secondary N) is 2. The molecule has 2 aromatic rings. The van der Waals surface area contributed by atoms with Gasteiger partial charge in [0.15, 0.2) is 0 Å². The zero-order chi connectivity index (χ0) is 24.2. The Labute approximate surface area is 193 Å². The first-order valence-corrected chi connectivity index (χ1v) is 10.8. The number of esters is 1. The SMILES string of the molecule is COC(=O)[C@@H](NC(=O)OC(C)(C)C)[C@@H](C)NC(=O)OCC1c2ccccc2-c2ccccc21. The van der Waals surface area contributed by atoms with E-state index in [1.165, 1.54) is 7.11 Å². The molecule has 1 aliphatic rings. The van der Waals surface area contributed by atoms with Crippen LogP contribution in [0.15, 0.2) is 48.5 Å². The molecule has 0 heterocycles. The molecule has 33 heavy (non-hydrogen) atoms. The third-order valence-corrected chi connectivity index (χ3v) is 5.32. The van der Waals surface area contributed by atoms with Crippen molar-refractivity contribution < 1.29 is 28.6 Å². The molecule has 0 fully saturated rings. The number of carbonyl (C=O) groups is 3. The highest BCUT2D eigenvalue weighted by Gasteiger charge is 2.32. The van der Waals surface area contributed by atoms with Crippen molar-refractivity contribution in [1.82, 2.24) is 10.6 Å². The first-order chi connectivity index (χ1) is 15.6. The van der Waals surface area contributed by atoms with Gasteiger partial charge in [-0.05, 0) is 49.9 Å². The number of fused-ring (bicyclic) bond motifs is 3. The van der Waals surface area contributed by atoms with Gasteiger partial charge in [0.25, 0.3) is 0 Å². The Morgan fingerprint density at radius 1 is 0.909 bits per heavy atom. The van der Waals surface area contributed by atoms with E-state index in [2.05, 4.69) is 22.8 Å². The predicted molar refractivity (Wildman–Crippen MR) is 123 cm³/mol. The maximum Gasteiger partial charge on any atom is 0.408 e. The molecular weight excluding hydrogens is 424 g/mol. The van der Waals surface area contributed by atoms with Crippen LogP contribution in [0.25, 0.3) is 11.1 Å². The summed E-state index contributed by atoms with van der Waals surface area (Å²) in [7, 11) is 1.20.